The molecule has 1 heterocycles. The second-order valence-electron chi connectivity index (χ2n) is 13.1. The van der Waals surface area contributed by atoms with Crippen LogP contribution in [0.2, 0.25) is 5.02 Å². The summed E-state index contributed by atoms with van der Waals surface area (Å²) in [5.74, 6) is -1.09. The molecule has 0 saturated heterocycles. The first-order valence-electron chi connectivity index (χ1n) is 14.3. The van der Waals surface area contributed by atoms with Crippen LogP contribution in [0.15, 0.2) is 58.9 Å². The fourth-order valence-electron chi connectivity index (χ4n) is 6.62. The molecule has 1 aliphatic heterocycles. The van der Waals surface area contributed by atoms with Crippen LogP contribution in [0.25, 0.3) is 0 Å². The van der Waals surface area contributed by atoms with E-state index in [-0.39, 0.29) is 46.7 Å². The molecule has 2 aromatic carbocycles. The Labute approximate surface area is 259 Å². The SMILES string of the molecule is COCCN1C2=C(C(=O)CC(C)(C)C2)C(c2cc(Cl)ccc2Oc2ccc([N+](=O)[O-])cc2[N+](=O)[O-])C2=C1CC(C)(C)CC2=O. The summed E-state index contributed by atoms with van der Waals surface area (Å²) in [6.07, 6.45) is 1.72. The van der Waals surface area contributed by atoms with E-state index in [1.807, 2.05) is 27.7 Å². The Bertz CT molecular complexity index is 1600. The highest BCUT2D eigenvalue weighted by Crippen LogP contribution is 2.56. The number of nitrogens with zero attached hydrogens (tertiary/aromatic N) is 3. The molecule has 0 N–H and O–H groups in total. The molecule has 12 heteroatoms. The van der Waals surface area contributed by atoms with Crippen molar-refractivity contribution in [2.75, 3.05) is 20.3 Å². The van der Waals surface area contributed by atoms with Gasteiger partial charge in [-0.3, -0.25) is 29.8 Å². The molecule has 11 nitrogen and oxygen atoms in total. The fourth-order valence-corrected chi connectivity index (χ4v) is 6.80. The molecule has 0 unspecified atom stereocenters. The van der Waals surface area contributed by atoms with E-state index in [9.17, 15) is 29.8 Å². The van der Waals surface area contributed by atoms with Crippen molar-refractivity contribution in [3.05, 3.63) is 89.8 Å². The molecule has 0 bridgehead atoms. The average Bonchev–Trinajstić information content (AvgIpc) is 2.91. The van der Waals surface area contributed by atoms with Gasteiger partial charge in [0, 0.05) is 71.6 Å². The molecule has 0 radical (unpaired) electrons. The Hall–Kier alpha value is -4.09. The Kier molecular flexibility index (Phi) is 8.15. The Morgan fingerprint density at radius 2 is 1.43 bits per heavy atom. The summed E-state index contributed by atoms with van der Waals surface area (Å²) >= 11 is 6.52. The third-order valence-corrected chi connectivity index (χ3v) is 8.63. The molecule has 5 rings (SSSR count). The molecular weight excluding hydrogens is 590 g/mol. The van der Waals surface area contributed by atoms with Crippen molar-refractivity contribution < 1.29 is 28.9 Å². The minimum Gasteiger partial charge on any atom is -0.450 e. The molecule has 0 atom stereocenters. The zero-order valence-electron chi connectivity index (χ0n) is 25.3. The standard InChI is InChI=1S/C32H34ClN3O8/c1-31(2)14-22-29(24(37)16-31)28(30-23(34(22)10-11-43-5)15-32(3,4)17-25(30)38)20-12-18(33)6-8-26(20)44-27-9-7-19(35(39)40)13-21(27)36(41)42/h6-9,12-13,28H,10-11,14-17H2,1-5H3. The zero-order valence-corrected chi connectivity index (χ0v) is 26.0. The number of nitro groups is 2. The second-order valence-corrected chi connectivity index (χ2v) is 13.6. The van der Waals surface area contributed by atoms with Crippen LogP contribution in [0, 0.1) is 31.1 Å². The van der Waals surface area contributed by atoms with Crippen LogP contribution in [-0.4, -0.2) is 46.6 Å². The number of ether oxygens (including phenoxy) is 2. The number of methoxy groups -OCH3 is 1. The van der Waals surface area contributed by atoms with Crippen LogP contribution in [0.1, 0.15) is 64.9 Å². The fraction of sp³-hybridized carbons (Fsp3) is 0.438. The predicted molar refractivity (Wildman–Crippen MR) is 163 cm³/mol. The minimum absolute atomic E-state index is 0.0971. The van der Waals surface area contributed by atoms with Gasteiger partial charge in [0.2, 0.25) is 5.75 Å². The van der Waals surface area contributed by atoms with Crippen LogP contribution in [0.3, 0.4) is 0 Å². The average molecular weight is 624 g/mol. The number of carbonyl (C=O) groups excluding carboxylic acids is 2. The molecule has 0 fully saturated rings. The molecule has 0 amide bonds. The van der Waals surface area contributed by atoms with Crippen molar-refractivity contribution in [2.45, 2.75) is 59.3 Å². The molecule has 0 aromatic heterocycles. The first kappa shape index (κ1) is 31.3. The number of benzene rings is 2. The maximum atomic E-state index is 14.1. The third-order valence-electron chi connectivity index (χ3n) is 8.39. The number of hydrogen-bond donors (Lipinski definition) is 0. The number of allylic oxidation sites excluding steroid dienone is 4. The lowest BCUT2D eigenvalue weighted by Gasteiger charge is -2.49. The van der Waals surface area contributed by atoms with Crippen LogP contribution in [0.4, 0.5) is 11.4 Å². The Morgan fingerprint density at radius 1 is 0.864 bits per heavy atom. The summed E-state index contributed by atoms with van der Waals surface area (Å²) in [6, 6.07) is 7.83. The summed E-state index contributed by atoms with van der Waals surface area (Å²) in [5, 5.41) is 23.5. The van der Waals surface area contributed by atoms with E-state index in [0.717, 1.165) is 23.5 Å². The number of ketones is 2. The highest BCUT2D eigenvalue weighted by atomic mass is 35.5. The van der Waals surface area contributed by atoms with Crippen LogP contribution in [-0.2, 0) is 14.3 Å². The van der Waals surface area contributed by atoms with E-state index < -0.39 is 27.1 Å². The lowest BCUT2D eigenvalue weighted by molar-refractivity contribution is -0.394. The minimum atomic E-state index is -0.822. The molecule has 44 heavy (non-hydrogen) atoms. The number of hydrogen-bond acceptors (Lipinski definition) is 9. The van der Waals surface area contributed by atoms with Gasteiger partial charge in [-0.25, -0.2) is 0 Å². The number of nitro benzene ring substituents is 2. The van der Waals surface area contributed by atoms with Gasteiger partial charge in [0.15, 0.2) is 11.6 Å². The van der Waals surface area contributed by atoms with Crippen molar-refractivity contribution in [3.63, 3.8) is 0 Å². The molecule has 2 aromatic rings. The monoisotopic (exact) mass is 623 g/mol. The van der Waals surface area contributed by atoms with Gasteiger partial charge in [0.05, 0.1) is 22.5 Å². The normalized spacial score (nSPS) is 19.5. The summed E-state index contributed by atoms with van der Waals surface area (Å²) in [7, 11) is 1.61. The van der Waals surface area contributed by atoms with Gasteiger partial charge in [0.25, 0.3) is 5.69 Å². The highest BCUT2D eigenvalue weighted by molar-refractivity contribution is 6.30. The zero-order chi connectivity index (χ0) is 32.1. The van der Waals surface area contributed by atoms with Crippen molar-refractivity contribution in [2.24, 2.45) is 10.8 Å². The van der Waals surface area contributed by atoms with E-state index in [2.05, 4.69) is 4.90 Å². The molecule has 3 aliphatic rings. The highest BCUT2D eigenvalue weighted by Gasteiger charge is 2.49. The molecular formula is C32H34ClN3O8. The summed E-state index contributed by atoms with van der Waals surface area (Å²) < 4.78 is 11.6. The molecule has 2 aliphatic carbocycles. The van der Waals surface area contributed by atoms with Gasteiger partial charge < -0.3 is 14.4 Å². The third kappa shape index (κ3) is 5.86. The Balaban J connectivity index is 1.76. The topological polar surface area (TPSA) is 142 Å². The summed E-state index contributed by atoms with van der Waals surface area (Å²) in [5.41, 5.74) is 1.32. The largest absolute Gasteiger partial charge is 0.450 e. The lowest BCUT2D eigenvalue weighted by Crippen LogP contribution is -2.45. The van der Waals surface area contributed by atoms with Crippen molar-refractivity contribution in [1.29, 1.82) is 0 Å². The number of rotatable bonds is 8. The molecule has 0 saturated carbocycles. The van der Waals surface area contributed by atoms with Crippen LogP contribution >= 0.6 is 11.6 Å². The number of non-ortho nitro benzene ring substituents is 1. The van der Waals surface area contributed by atoms with E-state index >= 15 is 0 Å². The maximum absolute atomic E-state index is 14.1. The summed E-state index contributed by atoms with van der Waals surface area (Å²) in [4.78, 5) is 52.0. The first-order valence-corrected chi connectivity index (χ1v) is 14.7. The molecule has 232 valence electrons. The van der Waals surface area contributed by atoms with Gasteiger partial charge in [-0.05, 0) is 47.9 Å². The Morgan fingerprint density at radius 3 is 1.95 bits per heavy atom. The van der Waals surface area contributed by atoms with Gasteiger partial charge in [0.1, 0.15) is 5.75 Å². The predicted octanol–water partition coefficient (Wildman–Crippen LogP) is 7.28. The second kappa shape index (κ2) is 11.4. The number of halogens is 1. The van der Waals surface area contributed by atoms with Crippen molar-refractivity contribution in [1.82, 2.24) is 4.90 Å². The first-order chi connectivity index (χ1) is 20.6. The van der Waals surface area contributed by atoms with Gasteiger partial charge >= 0.3 is 5.69 Å². The quantitative estimate of drug-likeness (QED) is 0.219. The molecule has 0 spiro atoms. The van der Waals surface area contributed by atoms with E-state index in [0.29, 0.717) is 47.7 Å². The van der Waals surface area contributed by atoms with Gasteiger partial charge in [-0.15, -0.1) is 0 Å². The van der Waals surface area contributed by atoms with Crippen molar-refractivity contribution >= 4 is 34.5 Å². The van der Waals surface area contributed by atoms with E-state index in [1.165, 1.54) is 12.1 Å². The summed E-state index contributed by atoms with van der Waals surface area (Å²) in [6.45, 7) is 9.01. The van der Waals surface area contributed by atoms with Crippen LogP contribution in [0.5, 0.6) is 11.5 Å². The van der Waals surface area contributed by atoms with Crippen LogP contribution < -0.4 is 4.74 Å². The lowest BCUT2D eigenvalue weighted by atomic mass is 9.63. The number of carbonyl (C=O) groups is 2. The smallest absolute Gasteiger partial charge is 0.318 e. The van der Waals surface area contributed by atoms with E-state index in [1.54, 1.807) is 19.2 Å². The van der Waals surface area contributed by atoms with Gasteiger partial charge in [-0.2, -0.15) is 0 Å². The van der Waals surface area contributed by atoms with E-state index in [4.69, 9.17) is 21.1 Å². The number of Topliss-reactive ketones (excluding diaryl/α,β-unsaturated/α-hetero) is 2. The van der Waals surface area contributed by atoms with Gasteiger partial charge in [-0.1, -0.05) is 39.3 Å². The maximum Gasteiger partial charge on any atom is 0.318 e. The van der Waals surface area contributed by atoms with Crippen molar-refractivity contribution in [3.8, 4) is 11.5 Å².